The van der Waals surface area contributed by atoms with Crippen LogP contribution in [-0.2, 0) is 4.74 Å². The molecule has 2 aliphatic heterocycles. The maximum absolute atomic E-state index is 11.4. The fourth-order valence-corrected chi connectivity index (χ4v) is 3.59. The predicted molar refractivity (Wildman–Crippen MR) is 79.0 cm³/mol. The molecule has 4 nitrogen and oxygen atoms in total. The van der Waals surface area contributed by atoms with Gasteiger partial charge in [-0.3, -0.25) is 0 Å². The molecule has 0 aromatic heterocycles. The average molecular weight is 274 g/mol. The van der Waals surface area contributed by atoms with E-state index in [1.54, 1.807) is 0 Å². The predicted octanol–water partition coefficient (Wildman–Crippen LogP) is 2.51. The number of nitrogens with one attached hydrogen (secondary N) is 1. The largest absolute Gasteiger partial charge is 0.465 e. The zero-order valence-electron chi connectivity index (χ0n) is 12.1. The molecule has 1 aromatic rings. The number of piperidine rings is 1. The Kier molecular flexibility index (Phi) is 3.66. The molecule has 0 radical (unpaired) electrons. The van der Waals surface area contributed by atoms with Crippen LogP contribution >= 0.6 is 0 Å². The highest BCUT2D eigenvalue weighted by Gasteiger charge is 2.38. The van der Waals surface area contributed by atoms with E-state index in [0.29, 0.717) is 11.6 Å². The number of nitrogens with zero attached hydrogens (tertiary/aromatic N) is 1. The summed E-state index contributed by atoms with van der Waals surface area (Å²) in [7, 11) is 3.66. The number of fused-ring (bicyclic) bond motifs is 2. The highest BCUT2D eigenvalue weighted by atomic mass is 16.5. The monoisotopic (exact) mass is 274 g/mol. The van der Waals surface area contributed by atoms with Crippen molar-refractivity contribution in [2.45, 2.75) is 43.8 Å². The van der Waals surface area contributed by atoms with Crippen molar-refractivity contribution in [1.82, 2.24) is 4.90 Å². The van der Waals surface area contributed by atoms with Crippen LogP contribution in [0, 0.1) is 0 Å². The summed E-state index contributed by atoms with van der Waals surface area (Å²) in [4.78, 5) is 13.9. The molecular formula is C16H22N2O2. The molecule has 108 valence electrons. The molecule has 4 heteroatoms. The van der Waals surface area contributed by atoms with Gasteiger partial charge in [-0.2, -0.15) is 0 Å². The fourth-order valence-electron chi connectivity index (χ4n) is 3.59. The Morgan fingerprint density at radius 2 is 1.80 bits per heavy atom. The molecule has 2 saturated heterocycles. The summed E-state index contributed by atoms with van der Waals surface area (Å²) in [5.74, 6) is -0.283. The average Bonchev–Trinajstić information content (AvgIpc) is 2.69. The van der Waals surface area contributed by atoms with Crippen molar-refractivity contribution in [1.29, 1.82) is 0 Å². The molecular weight excluding hydrogens is 252 g/mol. The Morgan fingerprint density at radius 3 is 2.35 bits per heavy atom. The molecule has 2 fully saturated rings. The minimum Gasteiger partial charge on any atom is -0.465 e. The van der Waals surface area contributed by atoms with Gasteiger partial charge in [0.25, 0.3) is 0 Å². The Labute approximate surface area is 120 Å². The Hall–Kier alpha value is -1.55. The van der Waals surface area contributed by atoms with Gasteiger partial charge >= 0.3 is 5.97 Å². The van der Waals surface area contributed by atoms with Gasteiger partial charge in [-0.15, -0.1) is 0 Å². The van der Waals surface area contributed by atoms with E-state index in [1.807, 2.05) is 24.3 Å². The maximum Gasteiger partial charge on any atom is 0.337 e. The van der Waals surface area contributed by atoms with Crippen LogP contribution in [0.3, 0.4) is 0 Å². The summed E-state index contributed by atoms with van der Waals surface area (Å²) in [5, 5.41) is 3.61. The lowest BCUT2D eigenvalue weighted by molar-refractivity contribution is 0.0601. The highest BCUT2D eigenvalue weighted by Crippen LogP contribution is 2.35. The van der Waals surface area contributed by atoms with Crippen LogP contribution < -0.4 is 5.32 Å². The lowest BCUT2D eigenvalue weighted by Crippen LogP contribution is -2.44. The molecule has 3 rings (SSSR count). The molecule has 1 aromatic carbocycles. The number of benzene rings is 1. The molecule has 2 aliphatic rings. The van der Waals surface area contributed by atoms with Crippen LogP contribution in [0.5, 0.6) is 0 Å². The number of rotatable bonds is 3. The summed E-state index contributed by atoms with van der Waals surface area (Å²) in [5.41, 5.74) is 1.69. The van der Waals surface area contributed by atoms with E-state index in [1.165, 1.54) is 32.8 Å². The highest BCUT2D eigenvalue weighted by molar-refractivity contribution is 5.89. The minimum atomic E-state index is -0.283. The van der Waals surface area contributed by atoms with Crippen LogP contribution in [0.15, 0.2) is 24.3 Å². The van der Waals surface area contributed by atoms with E-state index in [2.05, 4.69) is 17.3 Å². The van der Waals surface area contributed by atoms with E-state index in [-0.39, 0.29) is 5.97 Å². The van der Waals surface area contributed by atoms with Crippen LogP contribution in [-0.4, -0.2) is 43.2 Å². The number of methoxy groups -OCH3 is 1. The summed E-state index contributed by atoms with van der Waals surface area (Å²) in [6.45, 7) is 0. The van der Waals surface area contributed by atoms with Gasteiger partial charge < -0.3 is 15.0 Å². The smallest absolute Gasteiger partial charge is 0.337 e. The third-order valence-corrected chi connectivity index (χ3v) is 4.78. The van der Waals surface area contributed by atoms with Crippen molar-refractivity contribution >= 4 is 11.7 Å². The van der Waals surface area contributed by atoms with E-state index < -0.39 is 0 Å². The maximum atomic E-state index is 11.4. The van der Waals surface area contributed by atoms with Crippen molar-refractivity contribution in [3.05, 3.63) is 29.8 Å². The summed E-state index contributed by atoms with van der Waals surface area (Å²) >= 11 is 0. The van der Waals surface area contributed by atoms with Gasteiger partial charge in [0.15, 0.2) is 0 Å². The molecule has 2 bridgehead atoms. The molecule has 0 spiro atoms. The van der Waals surface area contributed by atoms with Crippen molar-refractivity contribution in [3.63, 3.8) is 0 Å². The topological polar surface area (TPSA) is 41.6 Å². The third kappa shape index (κ3) is 2.52. The van der Waals surface area contributed by atoms with E-state index in [9.17, 15) is 4.79 Å². The molecule has 1 N–H and O–H groups in total. The van der Waals surface area contributed by atoms with Crippen LogP contribution in [0.25, 0.3) is 0 Å². The summed E-state index contributed by atoms with van der Waals surface area (Å²) < 4.78 is 4.71. The van der Waals surface area contributed by atoms with Gasteiger partial charge in [-0.05, 0) is 57.0 Å². The number of hydrogen-bond donors (Lipinski definition) is 1. The van der Waals surface area contributed by atoms with Crippen molar-refractivity contribution < 1.29 is 9.53 Å². The first-order valence-corrected chi connectivity index (χ1v) is 7.34. The number of ether oxygens (including phenoxy) is 1. The molecule has 2 heterocycles. The first-order valence-electron chi connectivity index (χ1n) is 7.34. The van der Waals surface area contributed by atoms with Gasteiger partial charge in [0.05, 0.1) is 12.7 Å². The molecule has 0 amide bonds. The van der Waals surface area contributed by atoms with E-state index in [0.717, 1.165) is 17.8 Å². The zero-order chi connectivity index (χ0) is 14.1. The lowest BCUT2D eigenvalue weighted by Gasteiger charge is -2.37. The van der Waals surface area contributed by atoms with Crippen molar-refractivity contribution in [2.75, 3.05) is 19.5 Å². The van der Waals surface area contributed by atoms with Gasteiger partial charge in [0.2, 0.25) is 0 Å². The molecule has 0 aliphatic carbocycles. The Balaban J connectivity index is 1.62. The number of hydrogen-bond acceptors (Lipinski definition) is 4. The normalized spacial score (nSPS) is 29.2. The van der Waals surface area contributed by atoms with E-state index in [4.69, 9.17) is 4.74 Å². The van der Waals surface area contributed by atoms with Gasteiger partial charge in [0.1, 0.15) is 0 Å². The molecule has 20 heavy (non-hydrogen) atoms. The Bertz CT molecular complexity index is 472. The minimum absolute atomic E-state index is 0.283. The fraction of sp³-hybridized carbons (Fsp3) is 0.562. The quantitative estimate of drug-likeness (QED) is 0.860. The number of carbonyl (C=O) groups is 1. The van der Waals surface area contributed by atoms with Crippen LogP contribution in [0.2, 0.25) is 0 Å². The van der Waals surface area contributed by atoms with Crippen LogP contribution in [0.4, 0.5) is 5.69 Å². The van der Waals surface area contributed by atoms with Crippen molar-refractivity contribution in [3.8, 4) is 0 Å². The summed E-state index contributed by atoms with van der Waals surface area (Å²) in [6.07, 6.45) is 5.10. The zero-order valence-corrected chi connectivity index (χ0v) is 12.1. The molecule has 0 saturated carbocycles. The first-order chi connectivity index (χ1) is 9.67. The molecule has 2 unspecified atom stereocenters. The number of anilines is 1. The second-order valence-electron chi connectivity index (χ2n) is 5.93. The summed E-state index contributed by atoms with van der Waals surface area (Å²) in [6, 6.07) is 9.59. The second-order valence-corrected chi connectivity index (χ2v) is 5.93. The standard InChI is InChI=1S/C16H22N2O2/c1-18-14-7-8-15(18)10-13(9-14)17-12-5-3-11(4-6-12)16(19)20-2/h3-6,13-15,17H,7-10H2,1-2H3. The number of carbonyl (C=O) groups excluding carboxylic acids is 1. The van der Waals surface area contributed by atoms with Crippen molar-refractivity contribution in [2.24, 2.45) is 0 Å². The van der Waals surface area contributed by atoms with E-state index >= 15 is 0 Å². The third-order valence-electron chi connectivity index (χ3n) is 4.78. The lowest BCUT2D eigenvalue weighted by atomic mass is 9.97. The van der Waals surface area contributed by atoms with Gasteiger partial charge in [-0.25, -0.2) is 4.79 Å². The second kappa shape index (κ2) is 5.44. The van der Waals surface area contributed by atoms with Gasteiger partial charge in [0, 0.05) is 23.8 Å². The van der Waals surface area contributed by atoms with Crippen LogP contribution in [0.1, 0.15) is 36.0 Å². The number of esters is 1. The first kappa shape index (κ1) is 13.4. The van der Waals surface area contributed by atoms with Gasteiger partial charge in [-0.1, -0.05) is 0 Å². The SMILES string of the molecule is COC(=O)c1ccc(NC2CC3CCC(C2)N3C)cc1. The Morgan fingerprint density at radius 1 is 1.20 bits per heavy atom. The molecule has 2 atom stereocenters.